The molecule has 6 nitrogen and oxygen atoms in total. The van der Waals surface area contributed by atoms with E-state index in [1.54, 1.807) is 6.08 Å². The van der Waals surface area contributed by atoms with Gasteiger partial charge >= 0.3 is 0 Å². The number of benzene rings is 1. The van der Waals surface area contributed by atoms with Crippen LogP contribution in [0.2, 0.25) is 0 Å². The van der Waals surface area contributed by atoms with Crippen molar-refractivity contribution in [2.75, 3.05) is 19.8 Å². The molecule has 21 heavy (non-hydrogen) atoms. The van der Waals surface area contributed by atoms with Crippen molar-refractivity contribution in [3.05, 3.63) is 63.4 Å². The number of rotatable bonds is 3. The third-order valence-corrected chi connectivity index (χ3v) is 3.43. The summed E-state index contributed by atoms with van der Waals surface area (Å²) in [6.07, 6.45) is 1.65. The molecule has 0 aromatic heterocycles. The predicted octanol–water partition coefficient (Wildman–Crippen LogP) is 1.80. The molecule has 0 spiro atoms. The summed E-state index contributed by atoms with van der Waals surface area (Å²) in [6, 6.07) is 9.29. The molecule has 1 aromatic rings. The zero-order valence-electron chi connectivity index (χ0n) is 11.2. The number of ketones is 1. The quantitative estimate of drug-likeness (QED) is 0.625. The Hall–Kier alpha value is -2.47. The highest BCUT2D eigenvalue weighted by Crippen LogP contribution is 2.34. The van der Waals surface area contributed by atoms with Crippen molar-refractivity contribution in [1.29, 1.82) is 0 Å². The maximum atomic E-state index is 11.9. The molecular formula is C15H13NO5. The van der Waals surface area contributed by atoms with Gasteiger partial charge in [-0.05, 0) is 6.08 Å². The van der Waals surface area contributed by atoms with Gasteiger partial charge in [0.25, 0.3) is 0 Å². The van der Waals surface area contributed by atoms with Crippen LogP contribution in [0.5, 0.6) is 0 Å². The molecule has 2 heterocycles. The van der Waals surface area contributed by atoms with Crippen LogP contribution in [0.1, 0.15) is 5.56 Å². The van der Waals surface area contributed by atoms with E-state index in [0.29, 0.717) is 17.1 Å². The van der Waals surface area contributed by atoms with Crippen molar-refractivity contribution in [3.8, 4) is 0 Å². The first kappa shape index (κ1) is 13.5. The summed E-state index contributed by atoms with van der Waals surface area (Å²) in [4.78, 5) is 22.4. The molecule has 0 N–H and O–H groups in total. The summed E-state index contributed by atoms with van der Waals surface area (Å²) < 4.78 is 10.9. The van der Waals surface area contributed by atoms with Crippen molar-refractivity contribution in [2.24, 2.45) is 5.92 Å². The van der Waals surface area contributed by atoms with Crippen LogP contribution in [-0.2, 0) is 14.3 Å². The molecule has 0 saturated carbocycles. The topological polar surface area (TPSA) is 78.7 Å². The normalized spacial score (nSPS) is 21.4. The molecule has 0 saturated heterocycles. The van der Waals surface area contributed by atoms with E-state index in [4.69, 9.17) is 9.47 Å². The lowest BCUT2D eigenvalue weighted by molar-refractivity contribution is -0.484. The Morgan fingerprint density at radius 3 is 2.71 bits per heavy atom. The number of carbonyl (C=O) groups is 1. The van der Waals surface area contributed by atoms with Crippen LogP contribution in [-0.4, -0.2) is 30.5 Å². The van der Waals surface area contributed by atoms with E-state index in [-0.39, 0.29) is 25.5 Å². The highest BCUT2D eigenvalue weighted by molar-refractivity contribution is 5.99. The first-order valence-corrected chi connectivity index (χ1v) is 6.56. The molecular weight excluding hydrogens is 274 g/mol. The Labute approximate surface area is 120 Å². The number of ether oxygens (including phenoxy) is 2. The van der Waals surface area contributed by atoms with E-state index in [0.717, 1.165) is 5.56 Å². The number of hydrogen-bond acceptors (Lipinski definition) is 5. The van der Waals surface area contributed by atoms with Gasteiger partial charge in [0, 0.05) is 10.5 Å². The lowest BCUT2D eigenvalue weighted by Crippen LogP contribution is -2.32. The van der Waals surface area contributed by atoms with Crippen molar-refractivity contribution < 1.29 is 19.2 Å². The zero-order chi connectivity index (χ0) is 14.8. The van der Waals surface area contributed by atoms with Crippen molar-refractivity contribution in [3.63, 3.8) is 0 Å². The number of carbonyl (C=O) groups excluding carboxylic acids is 1. The maximum Gasteiger partial charge on any atom is 0.214 e. The summed E-state index contributed by atoms with van der Waals surface area (Å²) >= 11 is 0. The lowest BCUT2D eigenvalue weighted by atomic mass is 9.90. The number of nitrogens with zero attached hydrogens (tertiary/aromatic N) is 1. The summed E-state index contributed by atoms with van der Waals surface area (Å²) in [5.74, 6) is 0.0979. The fourth-order valence-electron chi connectivity index (χ4n) is 2.54. The Bertz CT molecular complexity index is 647. The summed E-state index contributed by atoms with van der Waals surface area (Å²) in [7, 11) is 0. The van der Waals surface area contributed by atoms with Gasteiger partial charge in [0.15, 0.2) is 5.78 Å². The minimum Gasteiger partial charge on any atom is -0.458 e. The first-order valence-electron chi connectivity index (χ1n) is 6.56. The average molecular weight is 287 g/mol. The van der Waals surface area contributed by atoms with Gasteiger partial charge in [-0.15, -0.1) is 0 Å². The SMILES string of the molecule is O=C1COCC2=C1[C@H](C[N+](=O)[O-])C=C(c1ccccc1)O2. The van der Waals surface area contributed by atoms with Gasteiger partial charge < -0.3 is 9.47 Å². The molecule has 2 aliphatic rings. The Kier molecular flexibility index (Phi) is 3.53. The van der Waals surface area contributed by atoms with Crippen LogP contribution >= 0.6 is 0 Å². The van der Waals surface area contributed by atoms with Gasteiger partial charge in [-0.3, -0.25) is 14.9 Å². The second-order valence-corrected chi connectivity index (χ2v) is 4.87. The van der Waals surface area contributed by atoms with Crippen molar-refractivity contribution >= 4 is 11.5 Å². The highest BCUT2D eigenvalue weighted by Gasteiger charge is 2.35. The largest absolute Gasteiger partial charge is 0.458 e. The Morgan fingerprint density at radius 1 is 1.24 bits per heavy atom. The second kappa shape index (κ2) is 5.49. The highest BCUT2D eigenvalue weighted by atomic mass is 16.6. The van der Waals surface area contributed by atoms with Crippen LogP contribution in [0.3, 0.4) is 0 Å². The van der Waals surface area contributed by atoms with Crippen LogP contribution in [0.4, 0.5) is 0 Å². The molecule has 0 radical (unpaired) electrons. The van der Waals surface area contributed by atoms with Gasteiger partial charge in [0.05, 0.1) is 11.5 Å². The number of nitro groups is 1. The average Bonchev–Trinajstić information content (AvgIpc) is 2.47. The van der Waals surface area contributed by atoms with E-state index < -0.39 is 10.8 Å². The molecule has 1 aromatic carbocycles. The van der Waals surface area contributed by atoms with Gasteiger partial charge in [-0.1, -0.05) is 30.3 Å². The molecule has 0 bridgehead atoms. The standard InChI is InChI=1S/C15H13NO5/c17-12-8-20-9-14-15(12)11(7-16(18)19)6-13(21-14)10-4-2-1-3-5-10/h1-6,11H,7-9H2/t11-/m0/s1. The van der Waals surface area contributed by atoms with E-state index in [2.05, 4.69) is 0 Å². The fraction of sp³-hybridized carbons (Fsp3) is 0.267. The molecule has 6 heteroatoms. The second-order valence-electron chi connectivity index (χ2n) is 4.87. The molecule has 0 aliphatic carbocycles. The molecule has 0 fully saturated rings. The van der Waals surface area contributed by atoms with Crippen molar-refractivity contribution in [2.45, 2.75) is 0 Å². The van der Waals surface area contributed by atoms with E-state index in [9.17, 15) is 14.9 Å². The van der Waals surface area contributed by atoms with Gasteiger partial charge in [-0.25, -0.2) is 0 Å². The molecule has 108 valence electrons. The molecule has 3 rings (SSSR count). The van der Waals surface area contributed by atoms with E-state index in [1.807, 2.05) is 30.3 Å². The smallest absolute Gasteiger partial charge is 0.214 e. The minimum atomic E-state index is -0.574. The maximum absolute atomic E-state index is 11.9. The monoisotopic (exact) mass is 287 g/mol. The van der Waals surface area contributed by atoms with Crippen LogP contribution < -0.4 is 0 Å². The lowest BCUT2D eigenvalue weighted by Gasteiger charge is -2.28. The minimum absolute atomic E-state index is 0.0507. The Balaban J connectivity index is 1.99. The fourth-order valence-corrected chi connectivity index (χ4v) is 2.54. The van der Waals surface area contributed by atoms with E-state index >= 15 is 0 Å². The molecule has 1 atom stereocenters. The van der Waals surface area contributed by atoms with Gasteiger partial charge in [0.2, 0.25) is 6.54 Å². The number of hydrogen-bond donors (Lipinski definition) is 0. The third kappa shape index (κ3) is 2.71. The van der Waals surface area contributed by atoms with E-state index in [1.165, 1.54) is 0 Å². The van der Waals surface area contributed by atoms with Crippen LogP contribution in [0.15, 0.2) is 47.7 Å². The van der Waals surface area contributed by atoms with Gasteiger partial charge in [-0.2, -0.15) is 0 Å². The molecule has 0 amide bonds. The summed E-state index contributed by atoms with van der Waals surface area (Å²) in [6.45, 7) is -0.214. The predicted molar refractivity (Wildman–Crippen MR) is 73.7 cm³/mol. The molecule has 2 aliphatic heterocycles. The Morgan fingerprint density at radius 2 is 2.00 bits per heavy atom. The molecule has 0 unspecified atom stereocenters. The van der Waals surface area contributed by atoms with Crippen molar-refractivity contribution in [1.82, 2.24) is 0 Å². The summed E-state index contributed by atoms with van der Waals surface area (Å²) in [5.41, 5.74) is 1.19. The van der Waals surface area contributed by atoms with Gasteiger partial charge in [0.1, 0.15) is 24.7 Å². The zero-order valence-corrected chi connectivity index (χ0v) is 11.2. The van der Waals surface area contributed by atoms with Crippen LogP contribution in [0, 0.1) is 16.0 Å². The third-order valence-electron chi connectivity index (χ3n) is 3.43. The summed E-state index contributed by atoms with van der Waals surface area (Å²) in [5, 5.41) is 10.9. The first-order chi connectivity index (χ1) is 10.1. The number of Topliss-reactive ketones (excluding diaryl/α,β-unsaturated/α-hetero) is 1. The van der Waals surface area contributed by atoms with Crippen LogP contribution in [0.25, 0.3) is 5.76 Å².